The molecule has 0 aliphatic heterocycles. The number of ether oxygens (including phenoxy) is 1. The van der Waals surface area contributed by atoms with Crippen LogP contribution in [0.15, 0.2) is 0 Å². The van der Waals surface area contributed by atoms with Crippen LogP contribution in [0.1, 0.15) is 19.3 Å². The van der Waals surface area contributed by atoms with Crippen LogP contribution in [0.5, 0.6) is 0 Å². The Morgan fingerprint density at radius 1 is 1.67 bits per heavy atom. The monoisotopic (exact) mass is 180 g/mol. The number of alkyl halides is 2. The molecule has 70 valence electrons. The van der Waals surface area contributed by atoms with Gasteiger partial charge in [-0.25, -0.2) is 13.6 Å². The molecule has 0 bridgehead atoms. The van der Waals surface area contributed by atoms with Gasteiger partial charge in [-0.3, -0.25) is 0 Å². The quantitative estimate of drug-likeness (QED) is 0.711. The predicted octanol–water partition coefficient (Wildman–Crippen LogP) is 1.28. The Labute approximate surface area is 68.3 Å². The van der Waals surface area contributed by atoms with E-state index in [1.54, 1.807) is 0 Å². The summed E-state index contributed by atoms with van der Waals surface area (Å²) in [5.41, 5.74) is 0. The predicted molar refractivity (Wildman–Crippen MR) is 36.2 cm³/mol. The molecular formula is C7H10F2O3. The van der Waals surface area contributed by atoms with Gasteiger partial charge in [0.1, 0.15) is 6.61 Å². The molecule has 3 nitrogen and oxygen atoms in total. The number of carboxylic acids is 1. The smallest absolute Gasteiger partial charge is 0.329 e. The molecule has 5 heteroatoms. The van der Waals surface area contributed by atoms with Crippen LogP contribution in [-0.4, -0.2) is 29.7 Å². The molecule has 0 heterocycles. The zero-order chi connectivity index (χ0) is 9.19. The summed E-state index contributed by atoms with van der Waals surface area (Å²) in [5.74, 6) is -3.78. The van der Waals surface area contributed by atoms with E-state index in [9.17, 15) is 13.6 Å². The molecule has 0 amide bonds. The van der Waals surface area contributed by atoms with Crippen LogP contribution in [0.2, 0.25) is 0 Å². The maximum absolute atomic E-state index is 12.5. The van der Waals surface area contributed by atoms with Crippen molar-refractivity contribution in [2.24, 2.45) is 0 Å². The summed E-state index contributed by atoms with van der Waals surface area (Å²) >= 11 is 0. The molecule has 0 saturated heterocycles. The number of hydrogen-bond donors (Lipinski definition) is 1. The van der Waals surface area contributed by atoms with E-state index < -0.39 is 24.6 Å². The van der Waals surface area contributed by atoms with Crippen LogP contribution >= 0.6 is 0 Å². The Kier molecular flexibility index (Phi) is 2.62. The number of carboxylic acid groups (broad SMARTS) is 1. The van der Waals surface area contributed by atoms with E-state index in [0.29, 0.717) is 0 Å². The van der Waals surface area contributed by atoms with Crippen molar-refractivity contribution >= 4 is 5.97 Å². The minimum absolute atomic E-state index is 0.197. The van der Waals surface area contributed by atoms with Crippen LogP contribution in [0.3, 0.4) is 0 Å². The average Bonchev–Trinajstić information content (AvgIpc) is 2.26. The van der Waals surface area contributed by atoms with Gasteiger partial charge in [0, 0.05) is 12.8 Å². The second-order valence-electron chi connectivity index (χ2n) is 2.93. The van der Waals surface area contributed by atoms with E-state index in [1.165, 1.54) is 0 Å². The van der Waals surface area contributed by atoms with Gasteiger partial charge in [0.15, 0.2) is 0 Å². The molecule has 1 fully saturated rings. The first-order chi connectivity index (χ1) is 5.49. The third-order valence-electron chi connectivity index (χ3n) is 1.80. The number of halogens is 2. The summed E-state index contributed by atoms with van der Waals surface area (Å²) in [6, 6.07) is 0. The van der Waals surface area contributed by atoms with Crippen molar-refractivity contribution in [1.82, 2.24) is 0 Å². The largest absolute Gasteiger partial charge is 0.480 e. The third kappa shape index (κ3) is 2.73. The number of hydrogen-bond acceptors (Lipinski definition) is 2. The Morgan fingerprint density at radius 3 is 2.75 bits per heavy atom. The van der Waals surface area contributed by atoms with Crippen LogP contribution < -0.4 is 0 Å². The van der Waals surface area contributed by atoms with Gasteiger partial charge in [-0.2, -0.15) is 0 Å². The standard InChI is InChI=1S/C7H10F2O3/c8-7(9)2-1-5(3-7)12-4-6(10)11/h5H,1-4H2,(H,10,11). The van der Waals surface area contributed by atoms with E-state index in [-0.39, 0.29) is 19.3 Å². The number of aliphatic carboxylic acids is 1. The number of rotatable bonds is 3. The third-order valence-corrected chi connectivity index (χ3v) is 1.80. The van der Waals surface area contributed by atoms with Crippen molar-refractivity contribution in [3.8, 4) is 0 Å². The lowest BCUT2D eigenvalue weighted by molar-refractivity contribution is -0.144. The van der Waals surface area contributed by atoms with Crippen molar-refractivity contribution in [2.75, 3.05) is 6.61 Å². The molecule has 1 N–H and O–H groups in total. The lowest BCUT2D eigenvalue weighted by atomic mass is 10.3. The maximum Gasteiger partial charge on any atom is 0.329 e. The molecule has 0 aromatic carbocycles. The minimum Gasteiger partial charge on any atom is -0.480 e. The van der Waals surface area contributed by atoms with Gasteiger partial charge in [0.05, 0.1) is 6.10 Å². The van der Waals surface area contributed by atoms with E-state index >= 15 is 0 Å². The molecule has 0 spiro atoms. The zero-order valence-electron chi connectivity index (χ0n) is 6.43. The van der Waals surface area contributed by atoms with Crippen molar-refractivity contribution in [2.45, 2.75) is 31.3 Å². The van der Waals surface area contributed by atoms with Crippen molar-refractivity contribution in [1.29, 1.82) is 0 Å². The number of carbonyl (C=O) groups is 1. The summed E-state index contributed by atoms with van der Waals surface area (Å²) in [6.07, 6.45) is -0.881. The lowest BCUT2D eigenvalue weighted by Crippen LogP contribution is -2.18. The first-order valence-corrected chi connectivity index (χ1v) is 3.71. The zero-order valence-corrected chi connectivity index (χ0v) is 6.43. The summed E-state index contributed by atoms with van der Waals surface area (Å²) in [5, 5.41) is 8.19. The second-order valence-corrected chi connectivity index (χ2v) is 2.93. The molecule has 1 aliphatic carbocycles. The molecular weight excluding hydrogens is 170 g/mol. The fourth-order valence-corrected chi connectivity index (χ4v) is 1.24. The van der Waals surface area contributed by atoms with Gasteiger partial charge in [-0.1, -0.05) is 0 Å². The Hall–Kier alpha value is -0.710. The minimum atomic E-state index is -2.66. The highest BCUT2D eigenvalue weighted by molar-refractivity contribution is 5.68. The highest BCUT2D eigenvalue weighted by Crippen LogP contribution is 2.36. The summed E-state index contributed by atoms with van der Waals surface area (Å²) < 4.78 is 29.7. The summed E-state index contributed by atoms with van der Waals surface area (Å²) in [4.78, 5) is 10.0. The molecule has 0 radical (unpaired) electrons. The summed E-state index contributed by atoms with van der Waals surface area (Å²) in [6.45, 7) is -0.485. The fourth-order valence-electron chi connectivity index (χ4n) is 1.24. The maximum atomic E-state index is 12.5. The Balaban J connectivity index is 2.24. The van der Waals surface area contributed by atoms with Crippen LogP contribution in [0.4, 0.5) is 8.78 Å². The molecule has 1 atom stereocenters. The van der Waals surface area contributed by atoms with Crippen molar-refractivity contribution in [3.63, 3.8) is 0 Å². The van der Waals surface area contributed by atoms with Gasteiger partial charge in [-0.15, -0.1) is 0 Å². The van der Waals surface area contributed by atoms with Crippen LogP contribution in [-0.2, 0) is 9.53 Å². The molecule has 1 aliphatic rings. The van der Waals surface area contributed by atoms with Gasteiger partial charge in [0.2, 0.25) is 0 Å². The summed E-state index contributed by atoms with van der Waals surface area (Å²) in [7, 11) is 0. The van der Waals surface area contributed by atoms with E-state index in [2.05, 4.69) is 0 Å². The van der Waals surface area contributed by atoms with Gasteiger partial charge in [-0.05, 0) is 6.42 Å². The second kappa shape index (κ2) is 3.35. The van der Waals surface area contributed by atoms with Crippen LogP contribution in [0, 0.1) is 0 Å². The fraction of sp³-hybridized carbons (Fsp3) is 0.857. The lowest BCUT2D eigenvalue weighted by Gasteiger charge is -2.09. The average molecular weight is 180 g/mol. The van der Waals surface area contributed by atoms with Crippen molar-refractivity contribution in [3.05, 3.63) is 0 Å². The van der Waals surface area contributed by atoms with Crippen molar-refractivity contribution < 1.29 is 23.4 Å². The molecule has 0 aromatic heterocycles. The molecule has 12 heavy (non-hydrogen) atoms. The van der Waals surface area contributed by atoms with Gasteiger partial charge in [0.25, 0.3) is 5.92 Å². The first-order valence-electron chi connectivity index (χ1n) is 3.71. The molecule has 1 unspecified atom stereocenters. The molecule has 1 rings (SSSR count). The molecule has 1 saturated carbocycles. The van der Waals surface area contributed by atoms with Gasteiger partial charge < -0.3 is 9.84 Å². The Bertz CT molecular complexity index is 181. The topological polar surface area (TPSA) is 46.5 Å². The van der Waals surface area contributed by atoms with Crippen LogP contribution in [0.25, 0.3) is 0 Å². The van der Waals surface area contributed by atoms with Gasteiger partial charge >= 0.3 is 5.97 Å². The highest BCUT2D eigenvalue weighted by Gasteiger charge is 2.40. The highest BCUT2D eigenvalue weighted by atomic mass is 19.3. The Morgan fingerprint density at radius 2 is 2.33 bits per heavy atom. The van der Waals surface area contributed by atoms with E-state index in [0.717, 1.165) is 0 Å². The van der Waals surface area contributed by atoms with E-state index in [1.807, 2.05) is 0 Å². The first kappa shape index (κ1) is 9.38. The normalized spacial score (nSPS) is 27.3. The molecule has 0 aromatic rings. The SMILES string of the molecule is O=C(O)COC1CCC(F)(F)C1. The van der Waals surface area contributed by atoms with E-state index in [4.69, 9.17) is 9.84 Å².